The highest BCUT2D eigenvalue weighted by molar-refractivity contribution is 7.89. The summed E-state index contributed by atoms with van der Waals surface area (Å²) >= 11 is 5.77. The summed E-state index contributed by atoms with van der Waals surface area (Å²) in [6, 6.07) is 2.33. The van der Waals surface area contributed by atoms with Crippen molar-refractivity contribution >= 4 is 27.3 Å². The zero-order valence-electron chi connectivity index (χ0n) is 12.4. The maximum absolute atomic E-state index is 13.2. The van der Waals surface area contributed by atoms with E-state index in [-0.39, 0.29) is 22.2 Å². The molecule has 0 aromatic heterocycles. The molecule has 0 saturated heterocycles. The quantitative estimate of drug-likeness (QED) is 0.590. The van der Waals surface area contributed by atoms with Crippen molar-refractivity contribution in [2.24, 2.45) is 0 Å². The van der Waals surface area contributed by atoms with Gasteiger partial charge >= 0.3 is 0 Å². The van der Waals surface area contributed by atoms with Crippen LogP contribution in [-0.2, 0) is 10.0 Å². The predicted octanol–water partition coefficient (Wildman–Crippen LogP) is 2.07. The SMILES string of the molecule is CC(C)N(C)CCCNS(=O)(=O)c1cc(N)c(F)cc1Cl. The number of sulfonamides is 1. The molecule has 0 unspecified atom stereocenters. The first-order valence-electron chi connectivity index (χ1n) is 6.59. The highest BCUT2D eigenvalue weighted by Gasteiger charge is 2.19. The molecule has 120 valence electrons. The van der Waals surface area contributed by atoms with Gasteiger partial charge < -0.3 is 10.6 Å². The van der Waals surface area contributed by atoms with Crippen molar-refractivity contribution in [3.05, 3.63) is 23.0 Å². The molecule has 21 heavy (non-hydrogen) atoms. The van der Waals surface area contributed by atoms with E-state index in [2.05, 4.69) is 23.5 Å². The Morgan fingerprint density at radius 2 is 2.05 bits per heavy atom. The van der Waals surface area contributed by atoms with Gasteiger partial charge in [0.15, 0.2) is 0 Å². The largest absolute Gasteiger partial charge is 0.396 e. The van der Waals surface area contributed by atoms with Gasteiger partial charge in [-0.2, -0.15) is 0 Å². The summed E-state index contributed by atoms with van der Waals surface area (Å²) < 4.78 is 39.8. The van der Waals surface area contributed by atoms with Crippen LogP contribution in [0.4, 0.5) is 10.1 Å². The Morgan fingerprint density at radius 3 is 2.62 bits per heavy atom. The smallest absolute Gasteiger partial charge is 0.242 e. The second kappa shape index (κ2) is 7.40. The van der Waals surface area contributed by atoms with Crippen LogP contribution >= 0.6 is 11.6 Å². The zero-order chi connectivity index (χ0) is 16.2. The molecule has 0 bridgehead atoms. The van der Waals surface area contributed by atoms with Gasteiger partial charge in [0.25, 0.3) is 0 Å². The van der Waals surface area contributed by atoms with Gasteiger partial charge in [0, 0.05) is 12.6 Å². The molecule has 0 aliphatic rings. The van der Waals surface area contributed by atoms with Crippen molar-refractivity contribution in [1.82, 2.24) is 9.62 Å². The van der Waals surface area contributed by atoms with Crippen LogP contribution in [0.3, 0.4) is 0 Å². The van der Waals surface area contributed by atoms with Gasteiger partial charge in [0.1, 0.15) is 10.7 Å². The number of hydrogen-bond donors (Lipinski definition) is 2. The maximum Gasteiger partial charge on any atom is 0.242 e. The number of anilines is 1. The van der Waals surface area contributed by atoms with E-state index in [0.29, 0.717) is 12.5 Å². The average molecular weight is 338 g/mol. The standard InChI is InChI=1S/C13H21ClFN3O2S/c1-9(2)18(3)6-4-5-17-21(19,20)13-8-12(16)11(15)7-10(13)14/h7-9,17H,4-6,16H2,1-3H3. The van der Waals surface area contributed by atoms with E-state index < -0.39 is 15.8 Å². The Hall–Kier alpha value is -0.890. The third-order valence-electron chi connectivity index (χ3n) is 3.20. The van der Waals surface area contributed by atoms with Gasteiger partial charge in [0.05, 0.1) is 10.7 Å². The lowest BCUT2D eigenvalue weighted by atomic mass is 10.3. The molecule has 1 rings (SSSR count). The lowest BCUT2D eigenvalue weighted by Gasteiger charge is -2.20. The van der Waals surface area contributed by atoms with Gasteiger partial charge in [0.2, 0.25) is 10.0 Å². The maximum atomic E-state index is 13.2. The number of rotatable bonds is 7. The summed E-state index contributed by atoms with van der Waals surface area (Å²) in [5.74, 6) is -0.738. The van der Waals surface area contributed by atoms with Crippen LogP contribution in [0.25, 0.3) is 0 Å². The van der Waals surface area contributed by atoms with Gasteiger partial charge in [-0.1, -0.05) is 11.6 Å². The number of nitrogens with two attached hydrogens (primary N) is 1. The number of benzene rings is 1. The van der Waals surface area contributed by atoms with Crippen molar-refractivity contribution in [2.75, 3.05) is 25.9 Å². The minimum absolute atomic E-state index is 0.187. The second-order valence-corrected chi connectivity index (χ2v) is 7.27. The van der Waals surface area contributed by atoms with Crippen LogP contribution in [0.15, 0.2) is 17.0 Å². The Morgan fingerprint density at radius 1 is 1.43 bits per heavy atom. The molecule has 0 heterocycles. The van der Waals surface area contributed by atoms with Gasteiger partial charge in [-0.3, -0.25) is 0 Å². The highest BCUT2D eigenvalue weighted by Crippen LogP contribution is 2.26. The van der Waals surface area contributed by atoms with E-state index in [1.54, 1.807) is 0 Å². The van der Waals surface area contributed by atoms with Crippen LogP contribution in [0.1, 0.15) is 20.3 Å². The summed E-state index contributed by atoms with van der Waals surface area (Å²) in [6.45, 7) is 5.16. The monoisotopic (exact) mass is 337 g/mol. The molecule has 0 atom stereocenters. The van der Waals surface area contributed by atoms with Gasteiger partial charge in [-0.25, -0.2) is 17.5 Å². The van der Waals surface area contributed by atoms with E-state index in [1.807, 2.05) is 7.05 Å². The minimum atomic E-state index is -3.80. The van der Waals surface area contributed by atoms with Crippen molar-refractivity contribution in [3.8, 4) is 0 Å². The first-order valence-corrected chi connectivity index (χ1v) is 8.45. The lowest BCUT2D eigenvalue weighted by molar-refractivity contribution is 0.271. The highest BCUT2D eigenvalue weighted by atomic mass is 35.5. The fourth-order valence-electron chi connectivity index (χ4n) is 1.62. The molecule has 0 aliphatic carbocycles. The molecule has 3 N–H and O–H groups in total. The molecule has 8 heteroatoms. The molecular weight excluding hydrogens is 317 g/mol. The van der Waals surface area contributed by atoms with E-state index in [1.165, 1.54) is 0 Å². The van der Waals surface area contributed by atoms with Crippen LogP contribution < -0.4 is 10.5 Å². The topological polar surface area (TPSA) is 75.4 Å². The molecule has 1 aromatic carbocycles. The van der Waals surface area contributed by atoms with Crippen LogP contribution in [0.5, 0.6) is 0 Å². The minimum Gasteiger partial charge on any atom is -0.396 e. The van der Waals surface area contributed by atoms with Gasteiger partial charge in [-0.05, 0) is 46.0 Å². The van der Waals surface area contributed by atoms with E-state index in [4.69, 9.17) is 17.3 Å². The summed E-state index contributed by atoms with van der Waals surface area (Å²) in [7, 11) is -1.83. The summed E-state index contributed by atoms with van der Waals surface area (Å²) in [5.41, 5.74) is 5.13. The molecule has 0 fully saturated rings. The van der Waals surface area contributed by atoms with Crippen molar-refractivity contribution in [3.63, 3.8) is 0 Å². The van der Waals surface area contributed by atoms with E-state index in [9.17, 15) is 12.8 Å². The Bertz CT molecular complexity index is 593. The Kier molecular flexibility index (Phi) is 6.40. The first-order chi connectivity index (χ1) is 9.65. The Balaban J connectivity index is 2.68. The molecule has 0 aliphatic heterocycles. The number of nitrogens with one attached hydrogen (secondary N) is 1. The lowest BCUT2D eigenvalue weighted by Crippen LogP contribution is -2.31. The number of nitrogens with zero attached hydrogens (tertiary/aromatic N) is 1. The number of halogens is 2. The molecule has 0 spiro atoms. The fraction of sp³-hybridized carbons (Fsp3) is 0.538. The number of nitrogen functional groups attached to an aromatic ring is 1. The van der Waals surface area contributed by atoms with E-state index >= 15 is 0 Å². The fourth-order valence-corrected chi connectivity index (χ4v) is 3.24. The molecule has 0 radical (unpaired) electrons. The van der Waals surface area contributed by atoms with Crippen molar-refractivity contribution in [1.29, 1.82) is 0 Å². The summed E-state index contributed by atoms with van der Waals surface area (Å²) in [5, 5.41) is -0.187. The predicted molar refractivity (Wildman–Crippen MR) is 83.4 cm³/mol. The third-order valence-corrected chi connectivity index (χ3v) is 5.13. The van der Waals surface area contributed by atoms with Gasteiger partial charge in [-0.15, -0.1) is 0 Å². The zero-order valence-corrected chi connectivity index (χ0v) is 13.9. The molecule has 0 saturated carbocycles. The molecular formula is C13H21ClFN3O2S. The normalized spacial score (nSPS) is 12.3. The van der Waals surface area contributed by atoms with Crippen LogP contribution in [0.2, 0.25) is 5.02 Å². The van der Waals surface area contributed by atoms with Crippen LogP contribution in [-0.4, -0.2) is 39.5 Å². The average Bonchev–Trinajstić information content (AvgIpc) is 2.38. The first kappa shape index (κ1) is 18.2. The Labute approximate surface area is 130 Å². The molecule has 0 amide bonds. The second-order valence-electron chi connectivity index (χ2n) is 5.13. The third kappa shape index (κ3) is 5.10. The number of hydrogen-bond acceptors (Lipinski definition) is 4. The molecule has 1 aromatic rings. The molecule has 5 nitrogen and oxygen atoms in total. The van der Waals surface area contributed by atoms with Crippen LogP contribution in [0, 0.1) is 5.82 Å². The van der Waals surface area contributed by atoms with Crippen molar-refractivity contribution in [2.45, 2.75) is 31.2 Å². The summed E-state index contributed by atoms with van der Waals surface area (Å²) in [4.78, 5) is 1.90. The van der Waals surface area contributed by atoms with E-state index in [0.717, 1.165) is 18.7 Å². The summed E-state index contributed by atoms with van der Waals surface area (Å²) in [6.07, 6.45) is 0.655. The van der Waals surface area contributed by atoms with Crippen molar-refractivity contribution < 1.29 is 12.8 Å².